The Kier molecular flexibility index (Phi) is 7.49. The van der Waals surface area contributed by atoms with Crippen LogP contribution in [0.3, 0.4) is 0 Å². The van der Waals surface area contributed by atoms with Crippen LogP contribution in [0.4, 0.5) is 0 Å². The Labute approximate surface area is 229 Å². The van der Waals surface area contributed by atoms with Gasteiger partial charge in [0.05, 0.1) is 35.7 Å². The largest absolute Gasteiger partial charge is 0.496 e. The van der Waals surface area contributed by atoms with Gasteiger partial charge in [0.15, 0.2) is 0 Å². The van der Waals surface area contributed by atoms with Crippen LogP contribution in [0.5, 0.6) is 11.5 Å². The van der Waals surface area contributed by atoms with E-state index in [9.17, 15) is 24.8 Å². The predicted molar refractivity (Wildman–Crippen MR) is 142 cm³/mol. The van der Waals surface area contributed by atoms with Crippen LogP contribution in [0.2, 0.25) is 0 Å². The lowest BCUT2D eigenvalue weighted by Crippen LogP contribution is -2.53. The van der Waals surface area contributed by atoms with Gasteiger partial charge in [-0.25, -0.2) is 0 Å². The Hall–Kier alpha value is -3.28. The molecule has 0 spiro atoms. The van der Waals surface area contributed by atoms with Gasteiger partial charge in [-0.15, -0.1) is 0 Å². The Bertz CT molecular complexity index is 1180. The second kappa shape index (κ2) is 10.7. The summed E-state index contributed by atoms with van der Waals surface area (Å²) in [7, 11) is 1.45. The van der Waals surface area contributed by atoms with Crippen LogP contribution in [0, 0.1) is 40.4 Å². The second-order valence-electron chi connectivity index (χ2n) is 12.5. The molecule has 0 aliphatic heterocycles. The van der Waals surface area contributed by atoms with Crippen molar-refractivity contribution in [3.63, 3.8) is 0 Å². The maximum atomic E-state index is 13.6. The van der Waals surface area contributed by atoms with E-state index >= 15 is 0 Å². The second-order valence-corrected chi connectivity index (χ2v) is 12.5. The molecule has 0 saturated heterocycles. The molecule has 0 heterocycles. The molecule has 210 valence electrons. The SMILES string of the molecule is COc1cc(C#N)c(O[C@H]2CC[C@@](C)(C(=O)O)CC2)cc1C(=O)N[C@@H]1[C@H]2CC[C@H](C2)[C@@H]1C(=O)N[C@H]1C[C@@H](C)C1. The first-order chi connectivity index (χ1) is 18.6. The lowest BCUT2D eigenvalue weighted by atomic mass is 9.75. The number of carboxylic acids is 1. The number of ether oxygens (including phenoxy) is 2. The van der Waals surface area contributed by atoms with Crippen molar-refractivity contribution in [2.75, 3.05) is 7.11 Å². The number of aliphatic carboxylic acids is 1. The molecule has 5 rings (SSSR count). The number of methoxy groups -OCH3 is 1. The summed E-state index contributed by atoms with van der Waals surface area (Å²) < 4.78 is 11.7. The minimum atomic E-state index is -0.808. The molecule has 0 radical (unpaired) electrons. The molecule has 0 aromatic heterocycles. The molecule has 9 heteroatoms. The van der Waals surface area contributed by atoms with Crippen molar-refractivity contribution in [1.29, 1.82) is 5.26 Å². The fourth-order valence-corrected chi connectivity index (χ4v) is 7.25. The number of carboxylic acid groups (broad SMARTS) is 1. The van der Waals surface area contributed by atoms with E-state index in [1.54, 1.807) is 13.0 Å². The van der Waals surface area contributed by atoms with E-state index in [2.05, 4.69) is 23.6 Å². The van der Waals surface area contributed by atoms with E-state index in [-0.39, 0.29) is 70.4 Å². The maximum Gasteiger partial charge on any atom is 0.309 e. The van der Waals surface area contributed by atoms with E-state index in [0.717, 1.165) is 32.1 Å². The molecule has 1 aromatic carbocycles. The van der Waals surface area contributed by atoms with Crippen LogP contribution < -0.4 is 20.1 Å². The number of amides is 2. The summed E-state index contributed by atoms with van der Waals surface area (Å²) in [5.41, 5.74) is -0.266. The number of carbonyl (C=O) groups excluding carboxylic acids is 2. The van der Waals surface area contributed by atoms with Crippen LogP contribution in [-0.4, -0.2) is 48.2 Å². The summed E-state index contributed by atoms with van der Waals surface area (Å²) in [6.45, 7) is 3.94. The summed E-state index contributed by atoms with van der Waals surface area (Å²) in [6.07, 6.45) is 6.76. The normalized spacial score (nSPS) is 34.9. The number of carbonyl (C=O) groups is 3. The highest BCUT2D eigenvalue weighted by Crippen LogP contribution is 2.49. The third-order valence-corrected chi connectivity index (χ3v) is 9.75. The highest BCUT2D eigenvalue weighted by Gasteiger charge is 2.52. The van der Waals surface area contributed by atoms with Gasteiger partial charge in [0.25, 0.3) is 5.91 Å². The highest BCUT2D eigenvalue weighted by molar-refractivity contribution is 5.98. The molecular formula is C30H39N3O6. The molecule has 4 saturated carbocycles. The molecule has 0 unspecified atom stereocenters. The number of hydrogen-bond acceptors (Lipinski definition) is 6. The van der Waals surface area contributed by atoms with E-state index in [0.29, 0.717) is 31.6 Å². The fraction of sp³-hybridized carbons (Fsp3) is 0.667. The summed E-state index contributed by atoms with van der Waals surface area (Å²) in [6, 6.07) is 5.17. The Balaban J connectivity index is 1.32. The zero-order valence-electron chi connectivity index (χ0n) is 23.0. The van der Waals surface area contributed by atoms with Crippen molar-refractivity contribution in [2.24, 2.45) is 29.1 Å². The van der Waals surface area contributed by atoms with Gasteiger partial charge in [0.1, 0.15) is 17.6 Å². The maximum absolute atomic E-state index is 13.6. The van der Waals surface area contributed by atoms with Crippen molar-refractivity contribution < 1.29 is 29.0 Å². The van der Waals surface area contributed by atoms with Crippen LogP contribution in [0.15, 0.2) is 12.1 Å². The van der Waals surface area contributed by atoms with Gasteiger partial charge in [0.2, 0.25) is 5.91 Å². The number of nitrogens with one attached hydrogen (secondary N) is 2. The topological polar surface area (TPSA) is 138 Å². The van der Waals surface area contributed by atoms with Crippen molar-refractivity contribution in [2.45, 2.75) is 89.8 Å². The molecule has 4 fully saturated rings. The van der Waals surface area contributed by atoms with Crippen molar-refractivity contribution >= 4 is 17.8 Å². The molecule has 4 aliphatic rings. The predicted octanol–water partition coefficient (Wildman–Crippen LogP) is 4.04. The van der Waals surface area contributed by atoms with Gasteiger partial charge < -0.3 is 25.2 Å². The molecule has 2 bridgehead atoms. The minimum Gasteiger partial charge on any atom is -0.496 e. The van der Waals surface area contributed by atoms with Crippen LogP contribution >= 0.6 is 0 Å². The number of rotatable bonds is 8. The van der Waals surface area contributed by atoms with Crippen LogP contribution in [0.1, 0.15) is 87.6 Å². The Morgan fingerprint density at radius 3 is 2.33 bits per heavy atom. The minimum absolute atomic E-state index is 0.0471. The van der Waals surface area contributed by atoms with E-state index in [1.807, 2.05) is 0 Å². The summed E-state index contributed by atoms with van der Waals surface area (Å²) in [5, 5.41) is 25.6. The molecule has 3 N–H and O–H groups in total. The lowest BCUT2D eigenvalue weighted by molar-refractivity contribution is -0.150. The first-order valence-corrected chi connectivity index (χ1v) is 14.2. The van der Waals surface area contributed by atoms with E-state index in [1.165, 1.54) is 13.2 Å². The molecule has 1 aromatic rings. The standard InChI is InChI=1S/C30H39N3O6/c1-16-10-20(11-16)32-28(35)25-17-4-5-18(12-17)26(25)33-27(34)22-14-23(19(15-31)13-24(22)38-3)39-21-6-8-30(2,9-7-21)29(36)37/h13-14,16-18,20-21,25-26H,4-12H2,1-3H3,(H,32,35)(H,33,34)(H,36,37)/t16-,17-,18+,20+,21-,25+,26-,30+/m1/s1. The zero-order valence-corrected chi connectivity index (χ0v) is 23.0. The lowest BCUT2D eigenvalue weighted by Gasteiger charge is -2.37. The van der Waals surface area contributed by atoms with Crippen LogP contribution in [-0.2, 0) is 9.59 Å². The third-order valence-electron chi connectivity index (χ3n) is 9.75. The average molecular weight is 538 g/mol. The van der Waals surface area contributed by atoms with Crippen LogP contribution in [0.25, 0.3) is 0 Å². The van der Waals surface area contributed by atoms with Crippen molar-refractivity contribution in [3.8, 4) is 17.6 Å². The quantitative estimate of drug-likeness (QED) is 0.455. The molecule has 9 nitrogen and oxygen atoms in total. The molecule has 2 amide bonds. The zero-order chi connectivity index (χ0) is 27.9. The fourth-order valence-electron chi connectivity index (χ4n) is 7.25. The average Bonchev–Trinajstić information content (AvgIpc) is 3.50. The monoisotopic (exact) mass is 537 g/mol. The van der Waals surface area contributed by atoms with E-state index < -0.39 is 11.4 Å². The number of hydrogen-bond donors (Lipinski definition) is 3. The van der Waals surface area contributed by atoms with E-state index in [4.69, 9.17) is 9.47 Å². The molecule has 4 aliphatic carbocycles. The molecule has 39 heavy (non-hydrogen) atoms. The first kappa shape index (κ1) is 27.3. The molecular weight excluding hydrogens is 498 g/mol. The third kappa shape index (κ3) is 5.30. The van der Waals surface area contributed by atoms with Gasteiger partial charge in [0, 0.05) is 18.2 Å². The number of benzene rings is 1. The van der Waals surface area contributed by atoms with Crippen molar-refractivity contribution in [3.05, 3.63) is 23.3 Å². The Morgan fingerprint density at radius 2 is 1.72 bits per heavy atom. The summed E-state index contributed by atoms with van der Waals surface area (Å²) >= 11 is 0. The van der Waals surface area contributed by atoms with Gasteiger partial charge in [-0.1, -0.05) is 6.92 Å². The number of nitrogens with zero attached hydrogens (tertiary/aromatic N) is 1. The summed E-state index contributed by atoms with van der Waals surface area (Å²) in [5.74, 6) is 0.387. The number of nitriles is 1. The van der Waals surface area contributed by atoms with Gasteiger partial charge >= 0.3 is 5.97 Å². The first-order valence-electron chi connectivity index (χ1n) is 14.2. The van der Waals surface area contributed by atoms with Crippen molar-refractivity contribution in [1.82, 2.24) is 10.6 Å². The summed E-state index contributed by atoms with van der Waals surface area (Å²) in [4.78, 5) is 38.5. The smallest absolute Gasteiger partial charge is 0.309 e. The number of fused-ring (bicyclic) bond motifs is 2. The Morgan fingerprint density at radius 1 is 1.03 bits per heavy atom. The molecule has 4 atom stereocenters. The highest BCUT2D eigenvalue weighted by atomic mass is 16.5. The van der Waals surface area contributed by atoms with Gasteiger partial charge in [-0.05, 0) is 88.5 Å². The van der Waals surface area contributed by atoms with Gasteiger partial charge in [-0.2, -0.15) is 5.26 Å². The van der Waals surface area contributed by atoms with Gasteiger partial charge in [-0.3, -0.25) is 14.4 Å².